The Balaban J connectivity index is 1.51. The molecule has 4 aliphatic carbocycles. The molecule has 2 unspecified atom stereocenters. The fourth-order valence-electron chi connectivity index (χ4n) is 5.46. The molecule has 0 radical (unpaired) electrons. The molecule has 0 aliphatic heterocycles. The number of hydrogen-bond acceptors (Lipinski definition) is 3. The van der Waals surface area contributed by atoms with Gasteiger partial charge in [0.1, 0.15) is 0 Å². The normalized spacial score (nSPS) is 39.1. The smallest absolute Gasteiger partial charge is 0.306 e. The maximum absolute atomic E-state index is 12.3. The summed E-state index contributed by atoms with van der Waals surface area (Å²) in [6.45, 7) is 3.82. The van der Waals surface area contributed by atoms with Crippen LogP contribution in [0.3, 0.4) is 0 Å². The number of carbonyl (C=O) groups is 2. The van der Waals surface area contributed by atoms with Crippen LogP contribution in [0.5, 0.6) is 0 Å². The van der Waals surface area contributed by atoms with E-state index in [2.05, 4.69) is 21.2 Å². The van der Waals surface area contributed by atoms with Crippen molar-refractivity contribution in [3.05, 3.63) is 0 Å². The third-order valence-corrected chi connectivity index (χ3v) is 6.94. The largest absolute Gasteiger partial charge is 0.456 e. The van der Waals surface area contributed by atoms with Crippen molar-refractivity contribution < 1.29 is 14.3 Å². The second-order valence-electron chi connectivity index (χ2n) is 8.33. The van der Waals surface area contributed by atoms with Gasteiger partial charge in [0.25, 0.3) is 5.91 Å². The molecule has 130 valence electrons. The van der Waals surface area contributed by atoms with Crippen molar-refractivity contribution in [1.82, 2.24) is 5.32 Å². The van der Waals surface area contributed by atoms with Crippen molar-refractivity contribution >= 4 is 27.8 Å². The van der Waals surface area contributed by atoms with Gasteiger partial charge in [0.05, 0.1) is 6.42 Å². The van der Waals surface area contributed by atoms with E-state index in [1.54, 1.807) is 0 Å². The number of ether oxygens (including phenoxy) is 1. The van der Waals surface area contributed by atoms with E-state index in [4.69, 9.17) is 4.74 Å². The second kappa shape index (κ2) is 6.38. The fraction of sp³-hybridized carbons (Fsp3) is 0.889. The van der Waals surface area contributed by atoms with Crippen LogP contribution in [0.2, 0.25) is 0 Å². The van der Waals surface area contributed by atoms with Crippen LogP contribution < -0.4 is 5.32 Å². The Bertz CT molecular complexity index is 479. The molecule has 0 saturated heterocycles. The molecule has 1 N–H and O–H groups in total. The number of carbonyl (C=O) groups excluding carboxylic acids is 2. The van der Waals surface area contributed by atoms with Gasteiger partial charge in [-0.3, -0.25) is 9.59 Å². The first-order valence-electron chi connectivity index (χ1n) is 8.95. The quantitative estimate of drug-likeness (QED) is 0.561. The first-order valence-corrected chi connectivity index (χ1v) is 9.75. The van der Waals surface area contributed by atoms with Crippen LogP contribution in [0.4, 0.5) is 0 Å². The molecule has 4 rings (SSSR count). The predicted octanol–water partition coefficient (Wildman–Crippen LogP) is 3.57. The van der Waals surface area contributed by atoms with Crippen molar-refractivity contribution in [3.63, 3.8) is 0 Å². The van der Waals surface area contributed by atoms with Gasteiger partial charge in [0.2, 0.25) is 0 Å². The summed E-state index contributed by atoms with van der Waals surface area (Å²) in [6.07, 6.45) is 8.61. The van der Waals surface area contributed by atoms with Crippen molar-refractivity contribution in [2.24, 2.45) is 17.3 Å². The monoisotopic (exact) mass is 385 g/mol. The SMILES string of the molecule is CC[C@@H](C)NC(=O)COC(=O)CC12C[C@@H]3C[C@@H](CC(Br)(C3)C1)C2. The van der Waals surface area contributed by atoms with Gasteiger partial charge in [-0.25, -0.2) is 0 Å². The van der Waals surface area contributed by atoms with E-state index in [-0.39, 0.29) is 34.3 Å². The topological polar surface area (TPSA) is 55.4 Å². The Morgan fingerprint density at radius 1 is 1.26 bits per heavy atom. The molecule has 0 aromatic rings. The Labute approximate surface area is 147 Å². The maximum atomic E-state index is 12.3. The molecule has 0 aromatic heterocycles. The van der Waals surface area contributed by atoms with Gasteiger partial charge in [-0.1, -0.05) is 22.9 Å². The highest BCUT2D eigenvalue weighted by Gasteiger charge is 2.57. The molecule has 5 atom stereocenters. The van der Waals surface area contributed by atoms with Gasteiger partial charge in [0.15, 0.2) is 6.61 Å². The van der Waals surface area contributed by atoms with Gasteiger partial charge >= 0.3 is 5.97 Å². The van der Waals surface area contributed by atoms with Crippen LogP contribution >= 0.6 is 15.9 Å². The molecule has 4 bridgehead atoms. The Morgan fingerprint density at radius 2 is 1.91 bits per heavy atom. The second-order valence-corrected chi connectivity index (χ2v) is 10.0. The van der Waals surface area contributed by atoms with Crippen molar-refractivity contribution in [2.45, 2.75) is 75.6 Å². The molecule has 0 spiro atoms. The molecule has 4 fully saturated rings. The number of rotatable bonds is 6. The lowest BCUT2D eigenvalue weighted by atomic mass is 9.49. The summed E-state index contributed by atoms with van der Waals surface area (Å²) in [7, 11) is 0. The van der Waals surface area contributed by atoms with Crippen molar-refractivity contribution in [2.75, 3.05) is 6.61 Å². The molecule has 0 aromatic carbocycles. The van der Waals surface area contributed by atoms with E-state index in [1.807, 2.05) is 13.8 Å². The minimum Gasteiger partial charge on any atom is -0.456 e. The zero-order chi connectivity index (χ0) is 16.7. The minimum absolute atomic E-state index is 0.109. The predicted molar refractivity (Wildman–Crippen MR) is 92.2 cm³/mol. The molecule has 5 heteroatoms. The third-order valence-electron chi connectivity index (χ3n) is 6.01. The molecular formula is C18H28BrNO3. The molecule has 23 heavy (non-hydrogen) atoms. The Kier molecular flexibility index (Phi) is 4.78. The van der Waals surface area contributed by atoms with E-state index in [9.17, 15) is 9.59 Å². The highest BCUT2D eigenvalue weighted by Crippen LogP contribution is 2.65. The van der Waals surface area contributed by atoms with Crippen LogP contribution in [0.25, 0.3) is 0 Å². The first kappa shape index (κ1) is 17.2. The van der Waals surface area contributed by atoms with Crippen LogP contribution in [0.1, 0.15) is 65.2 Å². The molecule has 1 amide bonds. The molecule has 4 aliphatic rings. The lowest BCUT2D eigenvalue weighted by Gasteiger charge is -2.60. The summed E-state index contributed by atoms with van der Waals surface area (Å²) < 4.78 is 5.51. The average molecular weight is 386 g/mol. The van der Waals surface area contributed by atoms with E-state index in [0.717, 1.165) is 37.5 Å². The zero-order valence-electron chi connectivity index (χ0n) is 14.2. The fourth-order valence-corrected chi connectivity index (χ4v) is 6.98. The Hall–Kier alpha value is -0.580. The van der Waals surface area contributed by atoms with Gasteiger partial charge in [0, 0.05) is 10.4 Å². The summed E-state index contributed by atoms with van der Waals surface area (Å²) in [4.78, 5) is 24.0. The summed E-state index contributed by atoms with van der Waals surface area (Å²) >= 11 is 3.96. The molecular weight excluding hydrogens is 358 g/mol. The van der Waals surface area contributed by atoms with Crippen LogP contribution in [-0.4, -0.2) is 28.8 Å². The van der Waals surface area contributed by atoms with Crippen LogP contribution in [0.15, 0.2) is 0 Å². The summed E-state index contributed by atoms with van der Waals surface area (Å²) in [5.41, 5.74) is 0.109. The summed E-state index contributed by atoms with van der Waals surface area (Å²) in [5.74, 6) is 1.12. The first-order chi connectivity index (χ1) is 10.8. The lowest BCUT2D eigenvalue weighted by Crippen LogP contribution is -2.53. The molecule has 4 saturated carbocycles. The average Bonchev–Trinajstić information content (AvgIpc) is 2.41. The third kappa shape index (κ3) is 3.92. The van der Waals surface area contributed by atoms with Gasteiger partial charge in [-0.15, -0.1) is 0 Å². The van der Waals surface area contributed by atoms with Crippen molar-refractivity contribution in [1.29, 1.82) is 0 Å². The molecule has 4 nitrogen and oxygen atoms in total. The number of alkyl halides is 1. The Morgan fingerprint density at radius 3 is 2.48 bits per heavy atom. The van der Waals surface area contributed by atoms with E-state index in [0.29, 0.717) is 6.42 Å². The number of nitrogens with one attached hydrogen (secondary N) is 1. The van der Waals surface area contributed by atoms with Crippen molar-refractivity contribution in [3.8, 4) is 0 Å². The molecule has 0 heterocycles. The number of amides is 1. The standard InChI is InChI=1S/C18H28BrNO3/c1-3-12(2)20-15(21)10-23-16(22)9-17-5-13-4-14(6-17)8-18(19,7-13)11-17/h12-14H,3-11H2,1-2H3,(H,20,21)/t12-,13-,14+,17?,18?/m1/s1. The van der Waals surface area contributed by atoms with Gasteiger partial charge in [-0.2, -0.15) is 0 Å². The highest BCUT2D eigenvalue weighted by molar-refractivity contribution is 9.10. The van der Waals surface area contributed by atoms with Crippen LogP contribution in [-0.2, 0) is 14.3 Å². The van der Waals surface area contributed by atoms with E-state index >= 15 is 0 Å². The highest BCUT2D eigenvalue weighted by atomic mass is 79.9. The van der Waals surface area contributed by atoms with E-state index in [1.165, 1.54) is 19.3 Å². The zero-order valence-corrected chi connectivity index (χ0v) is 15.8. The number of esters is 1. The minimum atomic E-state index is -0.206. The number of hydrogen-bond donors (Lipinski definition) is 1. The van der Waals surface area contributed by atoms with E-state index < -0.39 is 0 Å². The maximum Gasteiger partial charge on any atom is 0.306 e. The summed E-state index contributed by atoms with van der Waals surface area (Å²) in [5, 5.41) is 2.83. The van der Waals surface area contributed by atoms with Gasteiger partial charge < -0.3 is 10.1 Å². The lowest BCUT2D eigenvalue weighted by molar-refractivity contribution is -0.154. The van der Waals surface area contributed by atoms with Gasteiger partial charge in [-0.05, 0) is 69.1 Å². The summed E-state index contributed by atoms with van der Waals surface area (Å²) in [6, 6.07) is 0.123. The van der Waals surface area contributed by atoms with Crippen LogP contribution in [0, 0.1) is 17.3 Å². The number of halogens is 1.